The molecule has 2 aromatic carbocycles. The van der Waals surface area contributed by atoms with Crippen LogP contribution in [0.3, 0.4) is 0 Å². The molecule has 2 aromatic rings. The minimum Gasteiger partial charge on any atom is -0.385 e. The van der Waals surface area contributed by atoms with E-state index in [1.54, 1.807) is 0 Å². The van der Waals surface area contributed by atoms with E-state index in [0.29, 0.717) is 0 Å². The summed E-state index contributed by atoms with van der Waals surface area (Å²) < 4.78 is 0. The summed E-state index contributed by atoms with van der Waals surface area (Å²) in [6.45, 7) is 3.23. The van der Waals surface area contributed by atoms with E-state index < -0.39 is 0 Å². The second-order valence-corrected chi connectivity index (χ2v) is 3.74. The number of unbranched alkanes of at least 4 members (excludes halogenated alkanes) is 1. The molecule has 0 heterocycles. The van der Waals surface area contributed by atoms with Crippen LogP contribution in [-0.4, -0.2) is 6.54 Å². The highest BCUT2D eigenvalue weighted by Gasteiger charge is 1.95. The lowest BCUT2D eigenvalue weighted by Gasteiger charge is -2.05. The van der Waals surface area contributed by atoms with E-state index in [1.807, 2.05) is 0 Å². The number of rotatable bonds is 4. The zero-order valence-electron chi connectivity index (χ0n) is 9.09. The molecule has 1 radical (unpaired) electrons. The van der Waals surface area contributed by atoms with Crippen LogP contribution in [-0.2, 0) is 0 Å². The van der Waals surface area contributed by atoms with Gasteiger partial charge in [-0.3, -0.25) is 0 Å². The summed E-state index contributed by atoms with van der Waals surface area (Å²) in [6, 6.07) is 15.9. The summed E-state index contributed by atoms with van der Waals surface area (Å²) in [7, 11) is 0. The van der Waals surface area contributed by atoms with Gasteiger partial charge in [0.1, 0.15) is 0 Å². The minimum absolute atomic E-state index is 1.03. The van der Waals surface area contributed by atoms with Crippen molar-refractivity contribution in [3.63, 3.8) is 0 Å². The molecule has 0 atom stereocenters. The minimum atomic E-state index is 1.03. The number of anilines is 1. The second kappa shape index (κ2) is 4.83. The fourth-order valence-electron chi connectivity index (χ4n) is 1.62. The highest BCUT2D eigenvalue weighted by atomic mass is 14.9. The van der Waals surface area contributed by atoms with Gasteiger partial charge in [-0.15, -0.1) is 0 Å². The summed E-state index contributed by atoms with van der Waals surface area (Å²) in [4.78, 5) is 0. The predicted octanol–water partition coefficient (Wildman–Crippen LogP) is 3.85. The Bertz CT molecular complexity index is 434. The van der Waals surface area contributed by atoms with E-state index in [9.17, 15) is 0 Å². The zero-order valence-corrected chi connectivity index (χ0v) is 9.09. The van der Waals surface area contributed by atoms with Crippen molar-refractivity contribution in [2.45, 2.75) is 19.8 Å². The molecule has 0 fully saturated rings. The molecule has 0 saturated heterocycles. The van der Waals surface area contributed by atoms with E-state index >= 15 is 0 Å². The first-order valence-electron chi connectivity index (χ1n) is 5.55. The molecule has 0 bridgehead atoms. The molecule has 0 amide bonds. The van der Waals surface area contributed by atoms with Gasteiger partial charge in [0.05, 0.1) is 0 Å². The quantitative estimate of drug-likeness (QED) is 0.736. The number of fused-ring (bicyclic) bond motifs is 1. The van der Waals surface area contributed by atoms with Crippen LogP contribution in [0.15, 0.2) is 36.4 Å². The Morgan fingerprint density at radius 1 is 1.13 bits per heavy atom. The van der Waals surface area contributed by atoms with E-state index in [-0.39, 0.29) is 0 Å². The largest absolute Gasteiger partial charge is 0.385 e. The molecule has 0 aliphatic heterocycles. The van der Waals surface area contributed by atoms with E-state index in [4.69, 9.17) is 0 Å². The van der Waals surface area contributed by atoms with Crippen molar-refractivity contribution in [1.29, 1.82) is 0 Å². The lowest BCUT2D eigenvalue weighted by atomic mass is 10.1. The van der Waals surface area contributed by atoms with Crippen LogP contribution in [0.4, 0.5) is 5.69 Å². The van der Waals surface area contributed by atoms with Crippen LogP contribution in [0.5, 0.6) is 0 Å². The zero-order chi connectivity index (χ0) is 10.5. The highest BCUT2D eigenvalue weighted by molar-refractivity contribution is 5.84. The number of benzene rings is 2. The third-order valence-corrected chi connectivity index (χ3v) is 2.51. The number of nitrogens with one attached hydrogen (secondary N) is 1. The van der Waals surface area contributed by atoms with Gasteiger partial charge in [0.2, 0.25) is 0 Å². The summed E-state index contributed by atoms with van der Waals surface area (Å²) in [6.07, 6.45) is 2.43. The average Bonchev–Trinajstić information content (AvgIpc) is 2.29. The van der Waals surface area contributed by atoms with Crippen molar-refractivity contribution >= 4 is 16.5 Å². The summed E-state index contributed by atoms with van der Waals surface area (Å²) in [5.74, 6) is 0. The van der Waals surface area contributed by atoms with Crippen molar-refractivity contribution < 1.29 is 0 Å². The van der Waals surface area contributed by atoms with E-state index in [1.165, 1.54) is 23.6 Å². The summed E-state index contributed by atoms with van der Waals surface area (Å²) in [5, 5.41) is 5.81. The predicted molar refractivity (Wildman–Crippen MR) is 66.2 cm³/mol. The van der Waals surface area contributed by atoms with Crippen LogP contribution in [0, 0.1) is 6.07 Å². The standard InChI is InChI=1S/C14H16N/c1-2-3-10-15-14-9-8-12-6-4-5-7-13(12)11-14/h4-9,15H,2-3,10H2,1H3. The van der Waals surface area contributed by atoms with E-state index in [0.717, 1.165) is 12.2 Å². The van der Waals surface area contributed by atoms with Crippen LogP contribution in [0.25, 0.3) is 10.8 Å². The van der Waals surface area contributed by atoms with E-state index in [2.05, 4.69) is 54.7 Å². The Labute approximate surface area is 91.1 Å². The highest BCUT2D eigenvalue weighted by Crippen LogP contribution is 2.17. The van der Waals surface area contributed by atoms with Gasteiger partial charge in [-0.2, -0.15) is 0 Å². The molecule has 1 N–H and O–H groups in total. The molecule has 2 rings (SSSR count). The van der Waals surface area contributed by atoms with Gasteiger partial charge in [-0.25, -0.2) is 0 Å². The Kier molecular flexibility index (Phi) is 3.23. The molecule has 15 heavy (non-hydrogen) atoms. The Hall–Kier alpha value is -1.50. The molecule has 0 unspecified atom stereocenters. The van der Waals surface area contributed by atoms with Crippen molar-refractivity contribution in [2.24, 2.45) is 0 Å². The maximum absolute atomic E-state index is 3.38. The maximum atomic E-state index is 3.38. The van der Waals surface area contributed by atoms with Gasteiger partial charge in [-0.1, -0.05) is 43.7 Å². The van der Waals surface area contributed by atoms with Crippen LogP contribution < -0.4 is 5.32 Å². The normalized spacial score (nSPS) is 10.5. The van der Waals surface area contributed by atoms with Crippen molar-refractivity contribution in [1.82, 2.24) is 0 Å². The summed E-state index contributed by atoms with van der Waals surface area (Å²) in [5.41, 5.74) is 1.10. The third kappa shape index (κ3) is 2.50. The van der Waals surface area contributed by atoms with Gasteiger partial charge in [0, 0.05) is 18.3 Å². The van der Waals surface area contributed by atoms with Gasteiger partial charge in [0.15, 0.2) is 0 Å². The first-order valence-corrected chi connectivity index (χ1v) is 5.55. The van der Waals surface area contributed by atoms with Crippen molar-refractivity contribution in [3.05, 3.63) is 42.5 Å². The second-order valence-electron chi connectivity index (χ2n) is 3.74. The number of hydrogen-bond donors (Lipinski definition) is 1. The first kappa shape index (κ1) is 10.0. The fourth-order valence-corrected chi connectivity index (χ4v) is 1.62. The molecular weight excluding hydrogens is 182 g/mol. The topological polar surface area (TPSA) is 12.0 Å². The SMILES string of the molecule is CCCCNc1[c]c2ccccc2cc1. The van der Waals surface area contributed by atoms with Crippen LogP contribution >= 0.6 is 0 Å². The third-order valence-electron chi connectivity index (χ3n) is 2.51. The molecule has 0 saturated carbocycles. The Balaban J connectivity index is 2.16. The van der Waals surface area contributed by atoms with Gasteiger partial charge in [0.25, 0.3) is 0 Å². The first-order chi connectivity index (χ1) is 7.40. The number of hydrogen-bond acceptors (Lipinski definition) is 1. The lowest BCUT2D eigenvalue weighted by molar-refractivity contribution is 0.834. The van der Waals surface area contributed by atoms with Gasteiger partial charge in [-0.05, 0) is 23.3 Å². The van der Waals surface area contributed by atoms with Gasteiger partial charge >= 0.3 is 0 Å². The molecule has 0 aliphatic rings. The van der Waals surface area contributed by atoms with Crippen molar-refractivity contribution in [3.8, 4) is 0 Å². The van der Waals surface area contributed by atoms with Crippen LogP contribution in [0.1, 0.15) is 19.8 Å². The lowest BCUT2D eigenvalue weighted by Crippen LogP contribution is -2.00. The average molecular weight is 198 g/mol. The Morgan fingerprint density at radius 2 is 2.00 bits per heavy atom. The monoisotopic (exact) mass is 198 g/mol. The molecule has 77 valence electrons. The molecular formula is C14H16N. The van der Waals surface area contributed by atoms with Gasteiger partial charge < -0.3 is 5.32 Å². The van der Waals surface area contributed by atoms with Crippen molar-refractivity contribution in [2.75, 3.05) is 11.9 Å². The molecule has 0 spiro atoms. The maximum Gasteiger partial charge on any atom is 0.0427 e. The molecule has 1 heteroatoms. The Morgan fingerprint density at radius 3 is 2.87 bits per heavy atom. The summed E-state index contributed by atoms with van der Waals surface area (Å²) >= 11 is 0. The molecule has 0 aromatic heterocycles. The molecule has 0 aliphatic carbocycles. The van der Waals surface area contributed by atoms with Crippen LogP contribution in [0.2, 0.25) is 0 Å². The molecule has 1 nitrogen and oxygen atoms in total. The fraction of sp³-hybridized carbons (Fsp3) is 0.286. The smallest absolute Gasteiger partial charge is 0.0427 e.